The van der Waals surface area contributed by atoms with E-state index in [-0.39, 0.29) is 0 Å². The Labute approximate surface area is 109 Å². The first kappa shape index (κ1) is 16.7. The van der Waals surface area contributed by atoms with Crippen LogP contribution in [0.4, 0.5) is 0 Å². The second-order valence-electron chi connectivity index (χ2n) is 5.02. The first-order chi connectivity index (χ1) is 8.41. The molecule has 0 atom stereocenters. The van der Waals surface area contributed by atoms with Crippen LogP contribution >= 0.6 is 0 Å². The van der Waals surface area contributed by atoms with Crippen molar-refractivity contribution in [2.24, 2.45) is 5.73 Å². The van der Waals surface area contributed by atoms with E-state index in [2.05, 4.69) is 19.1 Å². The molecule has 0 amide bonds. The van der Waals surface area contributed by atoms with Gasteiger partial charge in [0.05, 0.1) is 0 Å². The number of hydrogen-bond donors (Lipinski definition) is 1. The van der Waals surface area contributed by atoms with E-state index in [1.54, 1.807) is 0 Å². The van der Waals surface area contributed by atoms with Gasteiger partial charge >= 0.3 is 0 Å². The van der Waals surface area contributed by atoms with E-state index in [4.69, 9.17) is 5.73 Å². The number of unbranched alkanes of at least 4 members (excludes halogenated alkanes) is 10. The summed E-state index contributed by atoms with van der Waals surface area (Å²) in [7, 11) is 0. The molecule has 0 aromatic heterocycles. The number of rotatable bonds is 13. The van der Waals surface area contributed by atoms with E-state index in [1.807, 2.05) is 0 Å². The minimum atomic E-state index is 0.862. The van der Waals surface area contributed by atoms with Crippen molar-refractivity contribution < 1.29 is 0 Å². The van der Waals surface area contributed by atoms with Crippen LogP contribution in [0.1, 0.15) is 84.0 Å². The molecular weight excluding hydrogens is 206 g/mol. The lowest BCUT2D eigenvalue weighted by molar-refractivity contribution is 0.600. The molecule has 0 aliphatic heterocycles. The highest BCUT2D eigenvalue weighted by Gasteiger charge is 1.89. The first-order valence-electron chi connectivity index (χ1n) is 7.77. The van der Waals surface area contributed by atoms with Gasteiger partial charge in [-0.2, -0.15) is 0 Å². The van der Waals surface area contributed by atoms with Gasteiger partial charge in [-0.3, -0.25) is 0 Å². The number of allylic oxidation sites excluding steroid dienone is 2. The standard InChI is InChI=1S/C16H33N/c1-2-3-4-5-6-7-8-9-10-11-12-13-14-15-16-17/h7-8H,2-6,9-17H2,1H3/b8-7-. The molecule has 1 heteroatoms. The molecule has 0 saturated heterocycles. The molecule has 0 aliphatic rings. The molecule has 0 bridgehead atoms. The van der Waals surface area contributed by atoms with E-state index in [0.717, 1.165) is 6.54 Å². The molecule has 0 aromatic rings. The Balaban J connectivity index is 2.99. The van der Waals surface area contributed by atoms with Gasteiger partial charge in [0, 0.05) is 0 Å². The van der Waals surface area contributed by atoms with Gasteiger partial charge in [-0.15, -0.1) is 0 Å². The first-order valence-corrected chi connectivity index (χ1v) is 7.77. The van der Waals surface area contributed by atoms with E-state index in [1.165, 1.54) is 77.0 Å². The summed E-state index contributed by atoms with van der Waals surface area (Å²) in [6.07, 6.45) is 20.9. The maximum atomic E-state index is 5.46. The van der Waals surface area contributed by atoms with Crippen LogP contribution < -0.4 is 5.73 Å². The fourth-order valence-corrected chi connectivity index (χ4v) is 2.04. The number of nitrogens with two attached hydrogens (primary N) is 1. The molecule has 0 aliphatic carbocycles. The normalized spacial score (nSPS) is 11.4. The van der Waals surface area contributed by atoms with Crippen LogP contribution in [0, 0.1) is 0 Å². The van der Waals surface area contributed by atoms with Crippen molar-refractivity contribution >= 4 is 0 Å². The van der Waals surface area contributed by atoms with Crippen molar-refractivity contribution in [3.05, 3.63) is 12.2 Å². The highest BCUT2D eigenvalue weighted by atomic mass is 14.5. The third-order valence-electron chi connectivity index (χ3n) is 3.22. The van der Waals surface area contributed by atoms with Gasteiger partial charge in [-0.1, -0.05) is 64.0 Å². The summed E-state index contributed by atoms with van der Waals surface area (Å²) in [5, 5.41) is 0. The van der Waals surface area contributed by atoms with Crippen molar-refractivity contribution in [2.45, 2.75) is 84.0 Å². The highest BCUT2D eigenvalue weighted by Crippen LogP contribution is 2.08. The zero-order chi connectivity index (χ0) is 12.6. The van der Waals surface area contributed by atoms with Gasteiger partial charge < -0.3 is 5.73 Å². The maximum Gasteiger partial charge on any atom is -0.00773 e. The fourth-order valence-electron chi connectivity index (χ4n) is 2.04. The fraction of sp³-hybridized carbons (Fsp3) is 0.875. The minimum Gasteiger partial charge on any atom is -0.330 e. The zero-order valence-corrected chi connectivity index (χ0v) is 11.9. The molecule has 0 saturated carbocycles. The lowest BCUT2D eigenvalue weighted by atomic mass is 10.1. The second kappa shape index (κ2) is 15.7. The summed E-state index contributed by atoms with van der Waals surface area (Å²) < 4.78 is 0. The molecule has 0 fully saturated rings. The number of hydrogen-bond acceptors (Lipinski definition) is 1. The summed E-state index contributed by atoms with van der Waals surface area (Å²) in [6, 6.07) is 0. The third kappa shape index (κ3) is 15.7. The molecular formula is C16H33N. The Bertz CT molecular complexity index is 152. The van der Waals surface area contributed by atoms with Crippen LogP contribution in [0.15, 0.2) is 12.2 Å². The third-order valence-corrected chi connectivity index (χ3v) is 3.22. The topological polar surface area (TPSA) is 26.0 Å². The van der Waals surface area contributed by atoms with Crippen molar-refractivity contribution in [1.82, 2.24) is 0 Å². The molecule has 0 rings (SSSR count). The SMILES string of the molecule is CCCCCC/C=C\CCCCCCCCN. The highest BCUT2D eigenvalue weighted by molar-refractivity contribution is 4.81. The Morgan fingerprint density at radius 1 is 0.647 bits per heavy atom. The summed E-state index contributed by atoms with van der Waals surface area (Å²) in [4.78, 5) is 0. The second-order valence-corrected chi connectivity index (χ2v) is 5.02. The Kier molecular flexibility index (Phi) is 15.4. The monoisotopic (exact) mass is 239 g/mol. The Morgan fingerprint density at radius 3 is 1.65 bits per heavy atom. The predicted octanol–water partition coefficient (Wildman–Crippen LogP) is 5.20. The molecule has 2 N–H and O–H groups in total. The largest absolute Gasteiger partial charge is 0.330 e. The van der Waals surface area contributed by atoms with Crippen LogP contribution in [0.25, 0.3) is 0 Å². The van der Waals surface area contributed by atoms with E-state index < -0.39 is 0 Å². The molecule has 0 radical (unpaired) electrons. The van der Waals surface area contributed by atoms with Gasteiger partial charge in [-0.05, 0) is 38.6 Å². The Morgan fingerprint density at radius 2 is 1.12 bits per heavy atom. The molecule has 102 valence electrons. The molecule has 0 aromatic carbocycles. The van der Waals surface area contributed by atoms with Gasteiger partial charge in [0.25, 0.3) is 0 Å². The average molecular weight is 239 g/mol. The van der Waals surface area contributed by atoms with E-state index in [9.17, 15) is 0 Å². The van der Waals surface area contributed by atoms with E-state index in [0.29, 0.717) is 0 Å². The van der Waals surface area contributed by atoms with Crippen LogP contribution in [0.3, 0.4) is 0 Å². The van der Waals surface area contributed by atoms with Crippen LogP contribution in [-0.2, 0) is 0 Å². The van der Waals surface area contributed by atoms with Crippen LogP contribution in [0.2, 0.25) is 0 Å². The molecule has 17 heavy (non-hydrogen) atoms. The van der Waals surface area contributed by atoms with Crippen molar-refractivity contribution in [3.8, 4) is 0 Å². The quantitative estimate of drug-likeness (QED) is 0.347. The minimum absolute atomic E-state index is 0.862. The van der Waals surface area contributed by atoms with Crippen LogP contribution in [-0.4, -0.2) is 6.54 Å². The van der Waals surface area contributed by atoms with Gasteiger partial charge in [0.15, 0.2) is 0 Å². The predicted molar refractivity (Wildman–Crippen MR) is 79.3 cm³/mol. The van der Waals surface area contributed by atoms with Crippen LogP contribution in [0.5, 0.6) is 0 Å². The molecule has 0 spiro atoms. The lowest BCUT2D eigenvalue weighted by Crippen LogP contribution is -1.97. The average Bonchev–Trinajstić information content (AvgIpc) is 2.35. The Hall–Kier alpha value is -0.300. The van der Waals surface area contributed by atoms with Crippen molar-refractivity contribution in [3.63, 3.8) is 0 Å². The summed E-state index contributed by atoms with van der Waals surface area (Å²) in [6.45, 7) is 3.13. The van der Waals surface area contributed by atoms with Gasteiger partial charge in [0.2, 0.25) is 0 Å². The molecule has 1 nitrogen and oxygen atoms in total. The molecule has 0 heterocycles. The van der Waals surface area contributed by atoms with E-state index >= 15 is 0 Å². The van der Waals surface area contributed by atoms with Gasteiger partial charge in [0.1, 0.15) is 0 Å². The van der Waals surface area contributed by atoms with Crippen molar-refractivity contribution in [2.75, 3.05) is 6.54 Å². The van der Waals surface area contributed by atoms with Gasteiger partial charge in [-0.25, -0.2) is 0 Å². The summed E-state index contributed by atoms with van der Waals surface area (Å²) in [5.74, 6) is 0. The summed E-state index contributed by atoms with van der Waals surface area (Å²) >= 11 is 0. The lowest BCUT2D eigenvalue weighted by Gasteiger charge is -1.99. The zero-order valence-electron chi connectivity index (χ0n) is 11.9. The smallest absolute Gasteiger partial charge is 0.00773 e. The molecule has 0 unspecified atom stereocenters. The van der Waals surface area contributed by atoms with Crippen molar-refractivity contribution in [1.29, 1.82) is 0 Å². The summed E-state index contributed by atoms with van der Waals surface area (Å²) in [5.41, 5.74) is 5.46. The maximum absolute atomic E-state index is 5.46.